The van der Waals surface area contributed by atoms with Crippen LogP contribution in [0.4, 0.5) is 17.6 Å². The average molecular weight is 1020 g/mol. The molecule has 7 aromatic carbocycles. The molecule has 0 N–H and O–H groups in total. The van der Waals surface area contributed by atoms with E-state index in [1.54, 1.807) is 12.1 Å². The van der Waals surface area contributed by atoms with Crippen molar-refractivity contribution in [3.8, 4) is 39.5 Å². The molecule has 9 heteroatoms. The summed E-state index contributed by atoms with van der Waals surface area (Å²) in [5, 5.41) is 3.65. The normalized spacial score (nSPS) is 12.6. The Morgan fingerprint density at radius 3 is 2.10 bits per heavy atom. The Morgan fingerprint density at radius 1 is 0.714 bits per heavy atom. The summed E-state index contributed by atoms with van der Waals surface area (Å²) in [4.78, 5) is 9.19. The molecule has 0 unspecified atom stereocenters. The van der Waals surface area contributed by atoms with Crippen molar-refractivity contribution in [1.82, 2.24) is 14.5 Å². The number of hydrogen-bond acceptors (Lipinski definition) is 3. The molecule has 317 valence electrons. The van der Waals surface area contributed by atoms with E-state index in [9.17, 15) is 17.6 Å². The van der Waals surface area contributed by atoms with Gasteiger partial charge in [-0.2, -0.15) is 13.2 Å². The van der Waals surface area contributed by atoms with Crippen LogP contribution in [0.25, 0.3) is 83.2 Å². The van der Waals surface area contributed by atoms with Crippen molar-refractivity contribution < 1.29 is 46.2 Å². The summed E-state index contributed by atoms with van der Waals surface area (Å²) in [5.74, 6) is 1.04. The first-order valence-corrected chi connectivity index (χ1v) is 20.3. The summed E-state index contributed by atoms with van der Waals surface area (Å²) < 4.78 is 82.0. The molecule has 0 spiro atoms. The van der Waals surface area contributed by atoms with E-state index in [1.165, 1.54) is 52.7 Å². The smallest absolute Gasteiger partial charge is 0.381 e. The van der Waals surface area contributed by atoms with Crippen LogP contribution in [0.15, 0.2) is 150 Å². The van der Waals surface area contributed by atoms with Gasteiger partial charge >= 0.3 is 6.18 Å². The molecule has 3 aromatic heterocycles. The number of nitrogens with zero attached hydrogens (tertiary/aromatic N) is 3. The van der Waals surface area contributed by atoms with Gasteiger partial charge in [0.05, 0.1) is 22.4 Å². The zero-order valence-electron chi connectivity index (χ0n) is 37.6. The van der Waals surface area contributed by atoms with Gasteiger partial charge in [-0.25, -0.2) is 4.39 Å². The standard InChI is InChI=1S/C41H32FN2O.C13H9F3N.Ir/c1-24(2)34-22-28(26-11-6-5-7-12-26)23-35(25(3)4)38(34)44-37-16-9-8-15-36(37)43-41(44)33-14-10-13-31-32-19-17-27-21-29(42)18-20-30(27)39(32)45-40(31)33;1-9-2-7-12(17-8-9)10-3-5-11(6-4-10)13(14,15)16;/h5-13,15-25H,1-4H3;2-3,5-8H,1H3;/q2*-1;/i;1D3;. The molecule has 0 bridgehead atoms. The summed E-state index contributed by atoms with van der Waals surface area (Å²) >= 11 is 0. The molecule has 4 nitrogen and oxygen atoms in total. The first-order valence-electron chi connectivity index (χ1n) is 21.8. The molecule has 0 aliphatic rings. The van der Waals surface area contributed by atoms with Crippen LogP contribution in [0.3, 0.4) is 0 Å². The maximum absolute atomic E-state index is 14.1. The van der Waals surface area contributed by atoms with E-state index < -0.39 is 18.6 Å². The predicted molar refractivity (Wildman–Crippen MR) is 242 cm³/mol. The van der Waals surface area contributed by atoms with E-state index in [0.717, 1.165) is 73.0 Å². The van der Waals surface area contributed by atoms with Crippen molar-refractivity contribution in [2.45, 2.75) is 52.6 Å². The van der Waals surface area contributed by atoms with E-state index in [0.29, 0.717) is 11.3 Å². The van der Waals surface area contributed by atoms with Crippen LogP contribution in [0.5, 0.6) is 0 Å². The van der Waals surface area contributed by atoms with Gasteiger partial charge in [0, 0.05) is 46.9 Å². The van der Waals surface area contributed by atoms with Gasteiger partial charge in [-0.15, -0.1) is 48.0 Å². The zero-order valence-corrected chi connectivity index (χ0v) is 37.0. The van der Waals surface area contributed by atoms with Gasteiger partial charge in [0.1, 0.15) is 11.4 Å². The first kappa shape index (κ1) is 39.4. The minimum absolute atomic E-state index is 0. The van der Waals surface area contributed by atoms with Gasteiger partial charge in [-0.3, -0.25) is 4.98 Å². The van der Waals surface area contributed by atoms with Gasteiger partial charge < -0.3 is 14.0 Å². The van der Waals surface area contributed by atoms with Crippen LogP contribution < -0.4 is 0 Å². The molecule has 0 atom stereocenters. The Morgan fingerprint density at radius 2 is 1.43 bits per heavy atom. The fourth-order valence-electron chi connectivity index (χ4n) is 8.01. The van der Waals surface area contributed by atoms with E-state index in [4.69, 9.17) is 13.5 Å². The van der Waals surface area contributed by atoms with E-state index in [1.807, 2.05) is 30.3 Å². The molecule has 0 amide bonds. The monoisotopic (exact) mass is 1020 g/mol. The second kappa shape index (κ2) is 17.4. The van der Waals surface area contributed by atoms with E-state index in [2.05, 4.69) is 110 Å². The third-order valence-corrected chi connectivity index (χ3v) is 11.1. The number of hydrogen-bond donors (Lipinski definition) is 0. The second-order valence-electron chi connectivity index (χ2n) is 15.9. The number of fused-ring (bicyclic) bond motifs is 6. The number of halogens is 4. The zero-order chi connectivity index (χ0) is 45.8. The number of para-hydroxylation sites is 2. The SMILES string of the molecule is CC(C)c1cc(-c2ccccc2)cc(C(C)C)c1-n1c(-c2[c-]ccc3c2oc2c4ccc(F)cc4ccc32)nc2ccccc21.[2H]C([2H])([2H])c1ccc(-c2[c-]cc(C(F)(F)F)cc2)nc1.[Ir]. The van der Waals surface area contributed by atoms with Crippen molar-refractivity contribution in [3.63, 3.8) is 0 Å². The molecule has 10 aromatic rings. The number of furan rings is 1. The number of aryl methyl sites for hydroxylation is 1. The number of rotatable bonds is 6. The number of benzene rings is 7. The van der Waals surface area contributed by atoms with Gasteiger partial charge in [-0.05, 0) is 106 Å². The van der Waals surface area contributed by atoms with Crippen molar-refractivity contribution in [2.24, 2.45) is 0 Å². The van der Waals surface area contributed by atoms with Crippen LogP contribution in [0.2, 0.25) is 0 Å². The second-order valence-corrected chi connectivity index (χ2v) is 15.9. The fourth-order valence-corrected chi connectivity index (χ4v) is 8.01. The molecule has 0 aliphatic heterocycles. The molecule has 63 heavy (non-hydrogen) atoms. The summed E-state index contributed by atoms with van der Waals surface area (Å²) in [7, 11) is 0. The Hall–Kier alpha value is -6.41. The van der Waals surface area contributed by atoms with Gasteiger partial charge in [0.25, 0.3) is 0 Å². The minimum atomic E-state index is -4.41. The number of pyridine rings is 1. The predicted octanol–water partition coefficient (Wildman–Crippen LogP) is 15.5. The van der Waals surface area contributed by atoms with Crippen LogP contribution in [-0.4, -0.2) is 14.5 Å². The third-order valence-electron chi connectivity index (χ3n) is 11.1. The summed E-state index contributed by atoms with van der Waals surface area (Å²) in [6.07, 6.45) is -3.22. The molecule has 0 saturated carbocycles. The van der Waals surface area contributed by atoms with Crippen LogP contribution in [0, 0.1) is 24.8 Å². The van der Waals surface area contributed by atoms with Crippen molar-refractivity contribution >= 4 is 43.7 Å². The van der Waals surface area contributed by atoms with Crippen LogP contribution in [0.1, 0.15) is 65.9 Å². The van der Waals surface area contributed by atoms with Crippen LogP contribution >= 0.6 is 0 Å². The number of aromatic nitrogens is 3. The number of alkyl halides is 3. The summed E-state index contributed by atoms with van der Waals surface area (Å²) in [6.45, 7) is 6.79. The maximum atomic E-state index is 14.1. The Kier molecular flexibility index (Phi) is 10.9. The van der Waals surface area contributed by atoms with Gasteiger partial charge in [-0.1, -0.05) is 105 Å². The Balaban J connectivity index is 0.000000238. The molecule has 0 saturated heterocycles. The molecule has 10 rings (SSSR count). The third kappa shape index (κ3) is 8.31. The van der Waals surface area contributed by atoms with Gasteiger partial charge in [0.15, 0.2) is 0 Å². The van der Waals surface area contributed by atoms with Crippen molar-refractivity contribution in [1.29, 1.82) is 0 Å². The quantitative estimate of drug-likeness (QED) is 0.123. The first-order chi connectivity index (χ1) is 31.1. The van der Waals surface area contributed by atoms with E-state index >= 15 is 0 Å². The molecule has 0 fully saturated rings. The van der Waals surface area contributed by atoms with Crippen LogP contribution in [-0.2, 0) is 26.3 Å². The Bertz CT molecular complexity index is 3280. The summed E-state index contributed by atoms with van der Waals surface area (Å²) in [6, 6.07) is 48.3. The van der Waals surface area contributed by atoms with E-state index in [-0.39, 0.29) is 43.3 Å². The van der Waals surface area contributed by atoms with Gasteiger partial charge in [0.2, 0.25) is 0 Å². The average Bonchev–Trinajstić information content (AvgIpc) is 3.87. The molecular weight excluding hydrogens is 975 g/mol. The summed E-state index contributed by atoms with van der Waals surface area (Å²) in [5.41, 5.74) is 10.3. The molecule has 1 radical (unpaired) electrons. The van der Waals surface area contributed by atoms with Crippen molar-refractivity contribution in [2.75, 3.05) is 0 Å². The topological polar surface area (TPSA) is 43.9 Å². The number of imidazole rings is 1. The maximum Gasteiger partial charge on any atom is 0.381 e. The largest absolute Gasteiger partial charge is 0.500 e. The fraction of sp³-hybridized carbons (Fsp3) is 0.148. The molecule has 0 aliphatic carbocycles. The molecular formula is C54H41F4IrN3O-2. The molecule has 3 heterocycles. The minimum Gasteiger partial charge on any atom is -0.500 e. The van der Waals surface area contributed by atoms with Crippen molar-refractivity contribution in [3.05, 3.63) is 186 Å². The Labute approximate surface area is 380 Å².